The van der Waals surface area contributed by atoms with Crippen LogP contribution < -0.4 is 0 Å². The number of nitrogens with zero attached hydrogens (tertiary/aromatic N) is 1. The fourth-order valence-corrected chi connectivity index (χ4v) is 3.81. The summed E-state index contributed by atoms with van der Waals surface area (Å²) in [5.41, 5.74) is 0.926. The summed E-state index contributed by atoms with van der Waals surface area (Å²) < 4.78 is 25.5. The number of aromatic hydroxyl groups is 1. The first-order chi connectivity index (χ1) is 11.3. The number of hydrogen-bond donors (Lipinski definition) is 1. The van der Waals surface area contributed by atoms with E-state index in [9.17, 15) is 18.3 Å². The van der Waals surface area contributed by atoms with Gasteiger partial charge in [0.1, 0.15) is 10.6 Å². The molecule has 0 aliphatic heterocycles. The van der Waals surface area contributed by atoms with Gasteiger partial charge in [-0.2, -0.15) is 0 Å². The molecule has 0 unspecified atom stereocenters. The number of phenolic OH excluding ortho intramolecular Hbond substituents is 1. The lowest BCUT2D eigenvalue weighted by Crippen LogP contribution is -2.30. The Morgan fingerprint density at radius 2 is 1.62 bits per heavy atom. The Morgan fingerprint density at radius 1 is 1.04 bits per heavy atom. The molecular formula is C18H21NO4S. The summed E-state index contributed by atoms with van der Waals surface area (Å²) in [6.45, 7) is 6.46. The van der Waals surface area contributed by atoms with Crippen LogP contribution in [0.3, 0.4) is 0 Å². The summed E-state index contributed by atoms with van der Waals surface area (Å²) in [5, 5.41) is 10.4. The van der Waals surface area contributed by atoms with Crippen molar-refractivity contribution in [3.05, 3.63) is 53.6 Å². The topological polar surface area (TPSA) is 74.7 Å². The minimum absolute atomic E-state index is 0.00751. The predicted molar refractivity (Wildman–Crippen MR) is 92.0 cm³/mol. The van der Waals surface area contributed by atoms with Crippen molar-refractivity contribution in [1.82, 2.24) is 4.90 Å². The van der Waals surface area contributed by atoms with Crippen molar-refractivity contribution in [2.75, 3.05) is 13.1 Å². The molecule has 5 nitrogen and oxygen atoms in total. The van der Waals surface area contributed by atoms with Gasteiger partial charge in [0.15, 0.2) is 0 Å². The molecule has 0 atom stereocenters. The molecule has 6 heteroatoms. The van der Waals surface area contributed by atoms with Crippen LogP contribution in [-0.2, 0) is 9.84 Å². The molecule has 0 saturated heterocycles. The summed E-state index contributed by atoms with van der Waals surface area (Å²) in [6, 6.07) is 10.6. The molecule has 0 aromatic heterocycles. The molecule has 1 amide bonds. The molecular weight excluding hydrogens is 326 g/mol. The van der Waals surface area contributed by atoms with Crippen molar-refractivity contribution in [1.29, 1.82) is 0 Å². The third-order valence-corrected chi connectivity index (χ3v) is 5.70. The zero-order valence-electron chi connectivity index (χ0n) is 14.0. The molecule has 128 valence electrons. The number of hydrogen-bond acceptors (Lipinski definition) is 4. The number of aryl methyl sites for hydroxylation is 1. The first kappa shape index (κ1) is 18.0. The van der Waals surface area contributed by atoms with Crippen LogP contribution in [0.25, 0.3) is 0 Å². The molecule has 0 radical (unpaired) electrons. The van der Waals surface area contributed by atoms with Gasteiger partial charge in [-0.15, -0.1) is 0 Å². The second-order valence-electron chi connectivity index (χ2n) is 5.45. The lowest BCUT2D eigenvalue weighted by Gasteiger charge is -2.20. The fraction of sp³-hybridized carbons (Fsp3) is 0.278. The van der Waals surface area contributed by atoms with E-state index in [-0.39, 0.29) is 15.4 Å². The molecule has 0 aliphatic rings. The molecule has 1 N–H and O–H groups in total. The Bertz CT molecular complexity index is 838. The standard InChI is InChI=1S/C18H21NO4S/c1-4-19(5-2)18(21)15-7-6-8-16(17(15)20)24(22,23)14-11-9-13(3)10-12-14/h6-12,20H,4-5H2,1-3H3. The molecule has 0 fully saturated rings. The third-order valence-electron chi connectivity index (χ3n) is 3.90. The Kier molecular flexibility index (Phi) is 5.29. The number of rotatable bonds is 5. The van der Waals surface area contributed by atoms with Crippen LogP contribution in [0.1, 0.15) is 29.8 Å². The summed E-state index contributed by atoms with van der Waals surface area (Å²) >= 11 is 0. The number of amides is 1. The summed E-state index contributed by atoms with van der Waals surface area (Å²) in [4.78, 5) is 13.8. The third kappa shape index (κ3) is 3.28. The van der Waals surface area contributed by atoms with Crippen molar-refractivity contribution in [3.8, 4) is 5.75 Å². The molecule has 0 saturated carbocycles. The number of sulfone groups is 1. The Morgan fingerprint density at radius 3 is 2.17 bits per heavy atom. The lowest BCUT2D eigenvalue weighted by atomic mass is 10.1. The zero-order valence-corrected chi connectivity index (χ0v) is 14.8. The Labute approximate surface area is 142 Å². The maximum absolute atomic E-state index is 12.8. The van der Waals surface area contributed by atoms with Crippen molar-refractivity contribution < 1.29 is 18.3 Å². The fourth-order valence-electron chi connectivity index (χ4n) is 2.44. The highest BCUT2D eigenvalue weighted by Gasteiger charge is 2.26. The van der Waals surface area contributed by atoms with E-state index in [4.69, 9.17) is 0 Å². The molecule has 0 spiro atoms. The van der Waals surface area contributed by atoms with Gasteiger partial charge in [0, 0.05) is 13.1 Å². The predicted octanol–water partition coefficient (Wildman–Crippen LogP) is 3.02. The zero-order chi connectivity index (χ0) is 17.9. The highest BCUT2D eigenvalue weighted by molar-refractivity contribution is 7.91. The summed E-state index contributed by atoms with van der Waals surface area (Å²) in [5.74, 6) is -0.895. The first-order valence-corrected chi connectivity index (χ1v) is 9.24. The maximum Gasteiger partial charge on any atom is 0.257 e. The molecule has 2 aromatic rings. The SMILES string of the molecule is CCN(CC)C(=O)c1cccc(S(=O)(=O)c2ccc(C)cc2)c1O. The molecule has 0 bridgehead atoms. The van der Waals surface area contributed by atoms with Crippen molar-refractivity contribution >= 4 is 15.7 Å². The van der Waals surface area contributed by atoms with Gasteiger partial charge >= 0.3 is 0 Å². The highest BCUT2D eigenvalue weighted by atomic mass is 32.2. The van der Waals surface area contributed by atoms with Gasteiger partial charge in [0.2, 0.25) is 9.84 Å². The number of carbonyl (C=O) groups excluding carboxylic acids is 1. The van der Waals surface area contributed by atoms with Crippen LogP contribution >= 0.6 is 0 Å². The van der Waals surface area contributed by atoms with Gasteiger partial charge in [-0.3, -0.25) is 4.79 Å². The van der Waals surface area contributed by atoms with E-state index in [1.54, 1.807) is 12.1 Å². The highest BCUT2D eigenvalue weighted by Crippen LogP contribution is 2.32. The molecule has 2 rings (SSSR count). The van der Waals surface area contributed by atoms with Crippen molar-refractivity contribution in [2.24, 2.45) is 0 Å². The summed E-state index contributed by atoms with van der Waals surface area (Å²) in [7, 11) is -3.90. The van der Waals surface area contributed by atoms with Crippen LogP contribution in [-0.4, -0.2) is 37.4 Å². The molecule has 2 aromatic carbocycles. The monoisotopic (exact) mass is 347 g/mol. The Balaban J connectivity index is 2.54. The van der Waals surface area contributed by atoms with Crippen LogP contribution in [0.5, 0.6) is 5.75 Å². The first-order valence-electron chi connectivity index (χ1n) is 7.75. The second kappa shape index (κ2) is 7.05. The molecule has 0 heterocycles. The van der Waals surface area contributed by atoms with E-state index in [0.717, 1.165) is 5.56 Å². The van der Waals surface area contributed by atoms with E-state index in [1.807, 2.05) is 20.8 Å². The van der Waals surface area contributed by atoms with E-state index in [1.165, 1.54) is 35.2 Å². The normalized spacial score (nSPS) is 11.3. The minimum atomic E-state index is -3.90. The van der Waals surface area contributed by atoms with Gasteiger partial charge in [0.25, 0.3) is 5.91 Å². The van der Waals surface area contributed by atoms with Crippen LogP contribution in [0, 0.1) is 6.92 Å². The van der Waals surface area contributed by atoms with Gasteiger partial charge in [-0.05, 0) is 45.0 Å². The van der Waals surface area contributed by atoms with Crippen LogP contribution in [0.2, 0.25) is 0 Å². The van der Waals surface area contributed by atoms with Crippen LogP contribution in [0.15, 0.2) is 52.3 Å². The summed E-state index contributed by atoms with van der Waals surface area (Å²) in [6.07, 6.45) is 0. The molecule has 24 heavy (non-hydrogen) atoms. The number of carbonyl (C=O) groups is 1. The number of para-hydroxylation sites is 1. The van der Waals surface area contributed by atoms with Gasteiger partial charge in [-0.25, -0.2) is 8.42 Å². The van der Waals surface area contributed by atoms with Crippen LogP contribution in [0.4, 0.5) is 0 Å². The average molecular weight is 347 g/mol. The number of phenols is 1. The van der Waals surface area contributed by atoms with E-state index >= 15 is 0 Å². The van der Waals surface area contributed by atoms with E-state index < -0.39 is 21.5 Å². The average Bonchev–Trinajstić information content (AvgIpc) is 2.56. The van der Waals surface area contributed by atoms with E-state index in [2.05, 4.69) is 0 Å². The largest absolute Gasteiger partial charge is 0.506 e. The smallest absolute Gasteiger partial charge is 0.257 e. The van der Waals surface area contributed by atoms with Gasteiger partial charge in [0.05, 0.1) is 10.5 Å². The Hall–Kier alpha value is -2.34. The van der Waals surface area contributed by atoms with E-state index in [0.29, 0.717) is 13.1 Å². The maximum atomic E-state index is 12.8. The van der Waals surface area contributed by atoms with Crippen molar-refractivity contribution in [3.63, 3.8) is 0 Å². The number of benzene rings is 2. The lowest BCUT2D eigenvalue weighted by molar-refractivity contribution is 0.0769. The van der Waals surface area contributed by atoms with Gasteiger partial charge < -0.3 is 10.0 Å². The quantitative estimate of drug-likeness (QED) is 0.902. The second-order valence-corrected chi connectivity index (χ2v) is 7.36. The molecule has 0 aliphatic carbocycles. The van der Waals surface area contributed by atoms with Crippen molar-refractivity contribution in [2.45, 2.75) is 30.6 Å². The minimum Gasteiger partial charge on any atom is -0.506 e. The van der Waals surface area contributed by atoms with Gasteiger partial charge in [-0.1, -0.05) is 23.8 Å².